The van der Waals surface area contributed by atoms with Crippen molar-refractivity contribution in [2.75, 3.05) is 13.2 Å². The zero-order chi connectivity index (χ0) is 9.73. The molecule has 0 aromatic heterocycles. The summed E-state index contributed by atoms with van der Waals surface area (Å²) in [6.45, 7) is 1.68. The van der Waals surface area contributed by atoms with Gasteiger partial charge in [0, 0.05) is 12.0 Å². The molecule has 0 heterocycles. The van der Waals surface area contributed by atoms with Gasteiger partial charge in [-0.05, 0) is 12.8 Å². The minimum atomic E-state index is -0.470. The number of nitrogens with one attached hydrogen (secondary N) is 1. The number of rotatable bonds is 3. The van der Waals surface area contributed by atoms with Gasteiger partial charge in [0.1, 0.15) is 6.67 Å². The number of alkyl halides is 1. The summed E-state index contributed by atoms with van der Waals surface area (Å²) in [4.78, 5) is 11.6. The molecule has 0 aromatic carbocycles. The van der Waals surface area contributed by atoms with Gasteiger partial charge in [-0.1, -0.05) is 26.2 Å². The lowest BCUT2D eigenvalue weighted by Crippen LogP contribution is -2.41. The molecule has 13 heavy (non-hydrogen) atoms. The fraction of sp³-hybridized carbons (Fsp3) is 0.900. The summed E-state index contributed by atoms with van der Waals surface area (Å²) >= 11 is 0. The van der Waals surface area contributed by atoms with Crippen LogP contribution < -0.4 is 5.32 Å². The maximum atomic E-state index is 11.8. The molecule has 1 rings (SSSR count). The van der Waals surface area contributed by atoms with Crippen molar-refractivity contribution in [1.29, 1.82) is 0 Å². The third-order valence-electron chi connectivity index (χ3n) is 2.89. The standard InChI is InChI=1S/C10H18FNO/c1-10(5-3-2-4-6-10)9(13)12-8-7-11/h2-8H2,1H3,(H,12,13). The van der Waals surface area contributed by atoms with E-state index in [0.29, 0.717) is 0 Å². The predicted octanol–water partition coefficient (Wildman–Crippen LogP) is 2.04. The van der Waals surface area contributed by atoms with Crippen molar-refractivity contribution < 1.29 is 9.18 Å². The molecule has 0 saturated heterocycles. The largest absolute Gasteiger partial charge is 0.353 e. The third kappa shape index (κ3) is 2.68. The fourth-order valence-corrected chi connectivity index (χ4v) is 1.93. The van der Waals surface area contributed by atoms with Gasteiger partial charge in [-0.2, -0.15) is 0 Å². The Balaban J connectivity index is 2.42. The van der Waals surface area contributed by atoms with Gasteiger partial charge in [0.15, 0.2) is 0 Å². The molecule has 1 fully saturated rings. The lowest BCUT2D eigenvalue weighted by atomic mass is 9.75. The van der Waals surface area contributed by atoms with Gasteiger partial charge >= 0.3 is 0 Å². The first-order valence-electron chi connectivity index (χ1n) is 5.03. The molecule has 1 saturated carbocycles. The topological polar surface area (TPSA) is 29.1 Å². The lowest BCUT2D eigenvalue weighted by Gasteiger charge is -2.31. The van der Waals surface area contributed by atoms with E-state index in [-0.39, 0.29) is 17.9 Å². The highest BCUT2D eigenvalue weighted by Gasteiger charge is 2.33. The van der Waals surface area contributed by atoms with Crippen LogP contribution in [-0.2, 0) is 4.79 Å². The molecule has 0 aromatic rings. The van der Waals surface area contributed by atoms with Crippen molar-refractivity contribution in [3.8, 4) is 0 Å². The maximum Gasteiger partial charge on any atom is 0.226 e. The second-order valence-electron chi connectivity index (χ2n) is 4.07. The van der Waals surface area contributed by atoms with E-state index < -0.39 is 6.67 Å². The molecule has 0 aliphatic heterocycles. The Labute approximate surface area is 78.9 Å². The van der Waals surface area contributed by atoms with Crippen molar-refractivity contribution >= 4 is 5.91 Å². The van der Waals surface area contributed by atoms with Crippen LogP contribution in [0, 0.1) is 5.41 Å². The molecular weight excluding hydrogens is 169 g/mol. The fourth-order valence-electron chi connectivity index (χ4n) is 1.93. The van der Waals surface area contributed by atoms with E-state index in [1.807, 2.05) is 6.92 Å². The zero-order valence-corrected chi connectivity index (χ0v) is 8.24. The number of halogens is 1. The Hall–Kier alpha value is -0.600. The minimum absolute atomic E-state index is 0.0323. The molecule has 0 bridgehead atoms. The van der Waals surface area contributed by atoms with E-state index in [9.17, 15) is 9.18 Å². The number of hydrogen-bond acceptors (Lipinski definition) is 1. The number of carbonyl (C=O) groups is 1. The first kappa shape index (κ1) is 10.5. The summed E-state index contributed by atoms with van der Waals surface area (Å²) < 4.78 is 11.8. The molecule has 1 aliphatic carbocycles. The second kappa shape index (κ2) is 4.58. The van der Waals surface area contributed by atoms with Crippen molar-refractivity contribution in [3.63, 3.8) is 0 Å². The number of carbonyl (C=O) groups excluding carboxylic acids is 1. The van der Waals surface area contributed by atoms with E-state index >= 15 is 0 Å². The molecule has 2 nitrogen and oxygen atoms in total. The van der Waals surface area contributed by atoms with E-state index in [1.165, 1.54) is 6.42 Å². The van der Waals surface area contributed by atoms with Gasteiger partial charge in [0.25, 0.3) is 0 Å². The highest BCUT2D eigenvalue weighted by molar-refractivity contribution is 5.82. The Morgan fingerprint density at radius 3 is 2.54 bits per heavy atom. The molecule has 0 radical (unpaired) electrons. The lowest BCUT2D eigenvalue weighted by molar-refractivity contribution is -0.131. The summed E-state index contributed by atoms with van der Waals surface area (Å²) in [7, 11) is 0. The van der Waals surface area contributed by atoms with Crippen molar-refractivity contribution in [2.24, 2.45) is 5.41 Å². The molecule has 3 heteroatoms. The first-order chi connectivity index (χ1) is 6.19. The minimum Gasteiger partial charge on any atom is -0.353 e. The van der Waals surface area contributed by atoms with E-state index in [2.05, 4.69) is 5.32 Å². The first-order valence-corrected chi connectivity index (χ1v) is 5.03. The van der Waals surface area contributed by atoms with Crippen LogP contribution >= 0.6 is 0 Å². The van der Waals surface area contributed by atoms with Crippen LogP contribution in [0.25, 0.3) is 0 Å². The van der Waals surface area contributed by atoms with Gasteiger partial charge in [-0.15, -0.1) is 0 Å². The van der Waals surface area contributed by atoms with Gasteiger partial charge in [0.05, 0.1) is 0 Å². The van der Waals surface area contributed by atoms with Crippen LogP contribution in [0.2, 0.25) is 0 Å². The van der Waals surface area contributed by atoms with Gasteiger partial charge in [-0.25, -0.2) is 4.39 Å². The Kier molecular flexibility index (Phi) is 3.70. The average molecular weight is 187 g/mol. The highest BCUT2D eigenvalue weighted by atomic mass is 19.1. The van der Waals surface area contributed by atoms with Gasteiger partial charge < -0.3 is 5.32 Å². The molecule has 1 amide bonds. The predicted molar refractivity (Wildman–Crippen MR) is 50.2 cm³/mol. The van der Waals surface area contributed by atoms with E-state index in [4.69, 9.17) is 0 Å². The maximum absolute atomic E-state index is 11.8. The molecule has 1 N–H and O–H groups in total. The normalized spacial score (nSPS) is 21.1. The van der Waals surface area contributed by atoms with Crippen LogP contribution in [-0.4, -0.2) is 19.1 Å². The van der Waals surface area contributed by atoms with Crippen LogP contribution in [0.3, 0.4) is 0 Å². The van der Waals surface area contributed by atoms with Crippen LogP contribution in [0.1, 0.15) is 39.0 Å². The summed E-state index contributed by atoms with van der Waals surface area (Å²) in [5.41, 5.74) is -0.229. The Morgan fingerprint density at radius 2 is 2.00 bits per heavy atom. The highest BCUT2D eigenvalue weighted by Crippen LogP contribution is 2.35. The van der Waals surface area contributed by atoms with Crippen molar-refractivity contribution in [3.05, 3.63) is 0 Å². The summed E-state index contributed by atoms with van der Waals surface area (Å²) in [5, 5.41) is 2.63. The van der Waals surface area contributed by atoms with Crippen LogP contribution in [0.4, 0.5) is 4.39 Å². The summed E-state index contributed by atoms with van der Waals surface area (Å²) in [5.74, 6) is 0.0323. The Bertz CT molecular complexity index is 176. The van der Waals surface area contributed by atoms with E-state index in [0.717, 1.165) is 25.7 Å². The zero-order valence-electron chi connectivity index (χ0n) is 8.24. The van der Waals surface area contributed by atoms with Crippen LogP contribution in [0.5, 0.6) is 0 Å². The molecule has 0 spiro atoms. The number of hydrogen-bond donors (Lipinski definition) is 1. The van der Waals surface area contributed by atoms with E-state index in [1.54, 1.807) is 0 Å². The molecule has 1 aliphatic rings. The monoisotopic (exact) mass is 187 g/mol. The number of amides is 1. The smallest absolute Gasteiger partial charge is 0.226 e. The van der Waals surface area contributed by atoms with Crippen molar-refractivity contribution in [1.82, 2.24) is 5.32 Å². The SMILES string of the molecule is CC1(C(=O)NCCF)CCCCC1. The molecule has 0 unspecified atom stereocenters. The molecular formula is C10H18FNO. The van der Waals surface area contributed by atoms with Gasteiger partial charge in [0.2, 0.25) is 5.91 Å². The van der Waals surface area contributed by atoms with Crippen LogP contribution in [0.15, 0.2) is 0 Å². The third-order valence-corrected chi connectivity index (χ3v) is 2.89. The second-order valence-corrected chi connectivity index (χ2v) is 4.07. The Morgan fingerprint density at radius 1 is 1.38 bits per heavy atom. The molecule has 76 valence electrons. The average Bonchev–Trinajstić information content (AvgIpc) is 2.15. The summed E-state index contributed by atoms with van der Waals surface area (Å²) in [6, 6.07) is 0. The summed E-state index contributed by atoms with van der Waals surface area (Å²) in [6.07, 6.45) is 5.38. The van der Waals surface area contributed by atoms with Crippen molar-refractivity contribution in [2.45, 2.75) is 39.0 Å². The molecule has 0 atom stereocenters. The quantitative estimate of drug-likeness (QED) is 0.719. The van der Waals surface area contributed by atoms with Gasteiger partial charge in [-0.3, -0.25) is 4.79 Å².